The molecule has 1 spiro atoms. The van der Waals surface area contributed by atoms with Gasteiger partial charge in [-0.25, -0.2) is 9.97 Å². The van der Waals surface area contributed by atoms with E-state index in [4.69, 9.17) is 15.1 Å². The number of amides is 5. The summed E-state index contributed by atoms with van der Waals surface area (Å²) in [6, 6.07) is 16.2. The summed E-state index contributed by atoms with van der Waals surface area (Å²) in [7, 11) is 0. The molecule has 3 saturated carbocycles. The van der Waals surface area contributed by atoms with Crippen molar-refractivity contribution in [2.45, 2.75) is 165 Å². The van der Waals surface area contributed by atoms with Gasteiger partial charge in [0.25, 0.3) is 0 Å². The summed E-state index contributed by atoms with van der Waals surface area (Å²) in [6.07, 6.45) is 18.8. The van der Waals surface area contributed by atoms with Gasteiger partial charge < -0.3 is 29.5 Å². The number of carbonyl (C=O) groups is 5. The van der Waals surface area contributed by atoms with Crippen LogP contribution in [0.25, 0.3) is 33.2 Å². The van der Waals surface area contributed by atoms with E-state index in [1.807, 2.05) is 39.0 Å². The number of benzene rings is 2. The van der Waals surface area contributed by atoms with Crippen LogP contribution in [0.4, 0.5) is 11.5 Å². The Bertz CT molecular complexity index is 3030. The van der Waals surface area contributed by atoms with Gasteiger partial charge in [-0.15, -0.1) is 0 Å². The third-order valence-corrected chi connectivity index (χ3v) is 18.8. The minimum Gasteiger partial charge on any atom is -0.366 e. The van der Waals surface area contributed by atoms with Gasteiger partial charge in [0, 0.05) is 91.4 Å². The molecule has 2 N–H and O–H groups in total. The van der Waals surface area contributed by atoms with Gasteiger partial charge in [-0.2, -0.15) is 5.10 Å². The fourth-order valence-corrected chi connectivity index (χ4v) is 14.1. The number of carbonyl (C=O) groups excluding carboxylic acids is 5. The number of rotatable bonds is 10. The van der Waals surface area contributed by atoms with E-state index in [1.165, 1.54) is 19.3 Å². The maximum Gasteiger partial charge on any atom is 0.238 e. The van der Waals surface area contributed by atoms with Gasteiger partial charge >= 0.3 is 0 Å². The Labute approximate surface area is 433 Å². The molecule has 7 fully saturated rings. The molecule has 388 valence electrons. The van der Waals surface area contributed by atoms with Crippen LogP contribution >= 0.6 is 0 Å². The van der Waals surface area contributed by atoms with Crippen molar-refractivity contribution >= 4 is 63.0 Å². The van der Waals surface area contributed by atoms with E-state index in [9.17, 15) is 19.2 Å². The molecule has 16 nitrogen and oxygen atoms in total. The molecular formula is C58H71N11O5. The number of pyridine rings is 1. The van der Waals surface area contributed by atoms with E-state index in [0.717, 1.165) is 120 Å². The average Bonchev–Trinajstić information content (AvgIpc) is 3.86. The number of hydrogen-bond acceptors (Lipinski definition) is 10. The molecule has 3 aromatic heterocycles. The fraction of sp³-hybridized carbons (Fsp3) is 0.586. The molecule has 2 aromatic carbocycles. The highest BCUT2D eigenvalue weighted by atomic mass is 16.2. The summed E-state index contributed by atoms with van der Waals surface area (Å²) in [6.45, 7) is 8.93. The van der Waals surface area contributed by atoms with E-state index in [-0.39, 0.29) is 65.4 Å². The third-order valence-electron chi connectivity index (χ3n) is 18.8. The highest BCUT2D eigenvalue weighted by Gasteiger charge is 2.56. The topological polar surface area (TPSA) is 171 Å². The number of imidazole rings is 1. The van der Waals surface area contributed by atoms with Crippen molar-refractivity contribution in [1.29, 1.82) is 0 Å². The molecule has 13 rings (SSSR count). The van der Waals surface area contributed by atoms with Crippen molar-refractivity contribution in [3.8, 4) is 11.3 Å². The molecule has 4 saturated heterocycles. The minimum absolute atomic E-state index is 0.0322. The van der Waals surface area contributed by atoms with Crippen molar-refractivity contribution in [2.24, 2.45) is 11.8 Å². The highest BCUT2D eigenvalue weighted by Crippen LogP contribution is 2.52. The van der Waals surface area contributed by atoms with Crippen molar-refractivity contribution in [3.05, 3.63) is 66.1 Å². The zero-order valence-electron chi connectivity index (χ0n) is 43.1. The lowest BCUT2D eigenvalue weighted by Gasteiger charge is -2.48. The molecule has 8 aliphatic rings. The molecule has 3 aliphatic carbocycles. The van der Waals surface area contributed by atoms with Gasteiger partial charge in [0.1, 0.15) is 5.52 Å². The van der Waals surface area contributed by atoms with Crippen LogP contribution in [0.2, 0.25) is 0 Å². The van der Waals surface area contributed by atoms with E-state index in [1.54, 1.807) is 0 Å². The lowest BCUT2D eigenvalue weighted by molar-refractivity contribution is -0.144. The summed E-state index contributed by atoms with van der Waals surface area (Å²) in [4.78, 5) is 86.8. The quantitative estimate of drug-likeness (QED) is 0.131. The number of nitrogens with zero attached hydrogens (tertiary/aromatic N) is 9. The highest BCUT2D eigenvalue weighted by molar-refractivity contribution is 6.09. The third kappa shape index (κ3) is 8.46. The first-order chi connectivity index (χ1) is 36.0. The van der Waals surface area contributed by atoms with E-state index in [2.05, 4.69) is 69.3 Å². The van der Waals surface area contributed by atoms with Crippen molar-refractivity contribution in [2.75, 3.05) is 49.5 Å². The standard InChI is InChI=1S/C58H71N11O5/c1-35(2)67-34-59-49-32-48(61-53(52(49)67)60-41-10-11-41)39-8-15-46-50(29-39)69(44-30-43(31-44)64-22-4-3-5-23-64)57(74)58(46)20-26-66(27-21-58)56(73)37-18-24-65(25-19-37)55(72)36-6-12-42(13-7-36)68-33-40-28-38(9-16-47(40)63-68)45-14-17-51(70)62-54(45)71/h8-9,15-16,28-29,32-37,41-45H,3-7,10-14,17-27,30-31H2,1-2H3,(H,60,61)(H,62,70,71)/t36-,42-,43-,44+,45?. The van der Waals surface area contributed by atoms with Crippen molar-refractivity contribution in [3.63, 3.8) is 0 Å². The number of likely N-dealkylation sites (tertiary alicyclic amines) is 3. The molecule has 16 heteroatoms. The monoisotopic (exact) mass is 1000 g/mol. The van der Waals surface area contributed by atoms with E-state index >= 15 is 4.79 Å². The van der Waals surface area contributed by atoms with Crippen LogP contribution in [-0.4, -0.2) is 126 Å². The number of hydrogen-bond donors (Lipinski definition) is 2. The molecule has 0 radical (unpaired) electrons. The first-order valence-electron chi connectivity index (χ1n) is 28.2. The maximum atomic E-state index is 15.3. The Morgan fingerprint density at radius 1 is 0.743 bits per heavy atom. The van der Waals surface area contributed by atoms with Gasteiger partial charge in [-0.3, -0.25) is 34.0 Å². The minimum atomic E-state index is -0.673. The Balaban J connectivity index is 0.655. The van der Waals surface area contributed by atoms with Crippen LogP contribution in [0.3, 0.4) is 0 Å². The molecule has 5 aliphatic heterocycles. The van der Waals surface area contributed by atoms with Crippen molar-refractivity contribution in [1.82, 2.24) is 44.3 Å². The maximum absolute atomic E-state index is 15.3. The van der Waals surface area contributed by atoms with Crippen molar-refractivity contribution < 1.29 is 24.0 Å². The lowest BCUT2D eigenvalue weighted by Crippen LogP contribution is -2.58. The summed E-state index contributed by atoms with van der Waals surface area (Å²) in [5, 5.41) is 12.0. The summed E-state index contributed by atoms with van der Waals surface area (Å²) in [5.74, 6) is 0.507. The van der Waals surface area contributed by atoms with Crippen LogP contribution in [0.1, 0.15) is 152 Å². The number of nitrogens with one attached hydrogen (secondary N) is 2. The Morgan fingerprint density at radius 2 is 1.47 bits per heavy atom. The van der Waals surface area contributed by atoms with Crippen LogP contribution in [0, 0.1) is 11.8 Å². The number of imide groups is 1. The smallest absolute Gasteiger partial charge is 0.238 e. The zero-order chi connectivity index (χ0) is 50.4. The van der Waals surface area contributed by atoms with Gasteiger partial charge in [0.2, 0.25) is 29.5 Å². The molecule has 5 aromatic rings. The first kappa shape index (κ1) is 47.5. The van der Waals surface area contributed by atoms with E-state index in [0.29, 0.717) is 76.8 Å². The summed E-state index contributed by atoms with van der Waals surface area (Å²) < 4.78 is 4.24. The molecule has 5 amide bonds. The number of anilines is 2. The zero-order valence-corrected chi connectivity index (χ0v) is 43.1. The van der Waals surface area contributed by atoms with Gasteiger partial charge in [-0.1, -0.05) is 24.6 Å². The molecule has 8 heterocycles. The van der Waals surface area contributed by atoms with Crippen LogP contribution in [-0.2, 0) is 29.4 Å². The van der Waals surface area contributed by atoms with Crippen LogP contribution in [0.5, 0.6) is 0 Å². The fourth-order valence-electron chi connectivity index (χ4n) is 14.1. The Hall–Kier alpha value is -6.16. The van der Waals surface area contributed by atoms with Gasteiger partial charge in [-0.05, 0) is 159 Å². The molecule has 0 bridgehead atoms. The molecule has 1 atom stereocenters. The number of piperidine rings is 4. The normalized spacial score (nSPS) is 26.8. The second-order valence-electron chi connectivity index (χ2n) is 23.6. The molecule has 1 unspecified atom stereocenters. The van der Waals surface area contributed by atoms with Gasteiger partial charge in [0.15, 0.2) is 5.82 Å². The summed E-state index contributed by atoms with van der Waals surface area (Å²) >= 11 is 0. The largest absolute Gasteiger partial charge is 0.366 e. The second-order valence-corrected chi connectivity index (χ2v) is 23.6. The second kappa shape index (κ2) is 18.9. The Morgan fingerprint density at radius 3 is 2.19 bits per heavy atom. The average molecular weight is 1000 g/mol. The van der Waals surface area contributed by atoms with Gasteiger partial charge in [0.05, 0.1) is 40.4 Å². The molecular weight excluding hydrogens is 931 g/mol. The van der Waals surface area contributed by atoms with Crippen LogP contribution < -0.4 is 15.5 Å². The predicted molar refractivity (Wildman–Crippen MR) is 282 cm³/mol. The number of fused-ring (bicyclic) bond motifs is 4. The Kier molecular flexibility index (Phi) is 12.1. The van der Waals surface area contributed by atoms with E-state index < -0.39 is 5.41 Å². The summed E-state index contributed by atoms with van der Waals surface area (Å²) in [5.41, 5.74) is 7.02. The predicted octanol–water partition coefficient (Wildman–Crippen LogP) is 8.02. The first-order valence-corrected chi connectivity index (χ1v) is 28.2. The van der Waals surface area contributed by atoms with Crippen LogP contribution in [0.15, 0.2) is 55.0 Å². The molecule has 74 heavy (non-hydrogen) atoms. The number of aromatic nitrogens is 5. The lowest BCUT2D eigenvalue weighted by atomic mass is 9.73. The SMILES string of the molecule is CC(C)n1cnc2cc(-c3ccc4c(c3)N([C@H]3C[C@@H](N5CCCCC5)C3)C(=O)C43CCN(C(=O)C4CCN(C(=O)[C@H]5CC[C@H](n6cc7cc(C8CCC(=O)NC8=O)ccc7n6)CC5)CC4)CC3)nc(NC3CC3)c21.